The number of ether oxygens (including phenoxy) is 3. The second-order valence-electron chi connectivity index (χ2n) is 9.32. The molecule has 3 heterocycles. The van der Waals surface area contributed by atoms with Gasteiger partial charge in [-0.15, -0.1) is 0 Å². The highest BCUT2D eigenvalue weighted by atomic mass is 16.6. The van der Waals surface area contributed by atoms with Crippen molar-refractivity contribution in [3.05, 3.63) is 88.6 Å². The van der Waals surface area contributed by atoms with Gasteiger partial charge in [0.15, 0.2) is 5.65 Å². The largest absolute Gasteiger partial charge is 0.459 e. The average Bonchev–Trinajstić information content (AvgIpc) is 3.47. The highest BCUT2D eigenvalue weighted by molar-refractivity contribution is 5.90. The molecule has 9 heteroatoms. The SMILES string of the molecule is Cc1ccc(C(=O)OC[C@H]2O[C@@H](n3cnc4c(C)nc(C)nc43)C[C@@H]2OC(=O)c2ccc(C)cc2)cc1. The summed E-state index contributed by atoms with van der Waals surface area (Å²) in [7, 11) is 0. The van der Waals surface area contributed by atoms with Crippen LogP contribution in [0.25, 0.3) is 11.2 Å². The number of nitrogens with zero attached hydrogens (tertiary/aromatic N) is 4. The molecule has 37 heavy (non-hydrogen) atoms. The normalized spacial score (nSPS) is 19.2. The number of aryl methyl sites for hydroxylation is 4. The van der Waals surface area contributed by atoms with Gasteiger partial charge in [0.2, 0.25) is 0 Å². The summed E-state index contributed by atoms with van der Waals surface area (Å²) in [6.07, 6.45) is 0.160. The summed E-state index contributed by atoms with van der Waals surface area (Å²) in [6, 6.07) is 14.3. The van der Waals surface area contributed by atoms with Crippen LogP contribution in [0.3, 0.4) is 0 Å². The van der Waals surface area contributed by atoms with E-state index in [2.05, 4.69) is 15.0 Å². The van der Waals surface area contributed by atoms with Crippen LogP contribution >= 0.6 is 0 Å². The highest BCUT2D eigenvalue weighted by Crippen LogP contribution is 2.34. The third kappa shape index (κ3) is 5.22. The predicted octanol–water partition coefficient (Wildman–Crippen LogP) is 4.43. The van der Waals surface area contributed by atoms with Gasteiger partial charge >= 0.3 is 11.9 Å². The maximum absolute atomic E-state index is 12.9. The quantitative estimate of drug-likeness (QED) is 0.358. The van der Waals surface area contributed by atoms with Crippen LogP contribution in [0.4, 0.5) is 0 Å². The van der Waals surface area contributed by atoms with E-state index in [4.69, 9.17) is 14.2 Å². The monoisotopic (exact) mass is 500 g/mol. The second kappa shape index (κ2) is 10.1. The molecule has 1 fully saturated rings. The van der Waals surface area contributed by atoms with Crippen molar-refractivity contribution < 1.29 is 23.8 Å². The zero-order chi connectivity index (χ0) is 26.1. The maximum Gasteiger partial charge on any atom is 0.338 e. The van der Waals surface area contributed by atoms with Gasteiger partial charge in [-0.05, 0) is 52.0 Å². The van der Waals surface area contributed by atoms with Gasteiger partial charge in [0.25, 0.3) is 0 Å². The Labute approximate surface area is 214 Å². The molecule has 5 rings (SSSR count). The number of aromatic nitrogens is 4. The van der Waals surface area contributed by atoms with Crippen molar-refractivity contribution >= 4 is 23.1 Å². The number of carbonyl (C=O) groups excluding carboxylic acids is 2. The van der Waals surface area contributed by atoms with Gasteiger partial charge in [-0.25, -0.2) is 24.5 Å². The molecular weight excluding hydrogens is 472 g/mol. The number of benzene rings is 2. The summed E-state index contributed by atoms with van der Waals surface area (Å²) in [5.41, 5.74) is 5.05. The van der Waals surface area contributed by atoms with Gasteiger partial charge in [0.05, 0.1) is 23.1 Å². The lowest BCUT2D eigenvalue weighted by Crippen LogP contribution is -2.32. The fraction of sp³-hybridized carbons (Fsp3) is 0.321. The van der Waals surface area contributed by atoms with E-state index in [1.54, 1.807) is 30.6 Å². The van der Waals surface area contributed by atoms with Crippen LogP contribution in [0.5, 0.6) is 0 Å². The molecule has 0 N–H and O–H groups in total. The summed E-state index contributed by atoms with van der Waals surface area (Å²) in [6.45, 7) is 7.52. The lowest BCUT2D eigenvalue weighted by Gasteiger charge is -2.19. The minimum Gasteiger partial charge on any atom is -0.459 e. The smallest absolute Gasteiger partial charge is 0.338 e. The molecule has 0 unspecified atom stereocenters. The van der Waals surface area contributed by atoms with Crippen LogP contribution < -0.4 is 0 Å². The molecule has 1 saturated heterocycles. The minimum absolute atomic E-state index is 0.0747. The molecule has 0 bridgehead atoms. The second-order valence-corrected chi connectivity index (χ2v) is 9.32. The number of hydrogen-bond acceptors (Lipinski definition) is 8. The number of carbonyl (C=O) groups is 2. The van der Waals surface area contributed by atoms with E-state index in [0.29, 0.717) is 34.5 Å². The van der Waals surface area contributed by atoms with E-state index >= 15 is 0 Å². The van der Waals surface area contributed by atoms with Gasteiger partial charge < -0.3 is 14.2 Å². The first-order valence-electron chi connectivity index (χ1n) is 12.1. The van der Waals surface area contributed by atoms with E-state index in [1.807, 2.05) is 56.5 Å². The Morgan fingerprint density at radius 2 is 1.54 bits per heavy atom. The maximum atomic E-state index is 12.9. The van der Waals surface area contributed by atoms with Crippen LogP contribution in [0.2, 0.25) is 0 Å². The van der Waals surface area contributed by atoms with Gasteiger partial charge in [-0.1, -0.05) is 35.4 Å². The lowest BCUT2D eigenvalue weighted by molar-refractivity contribution is -0.0563. The molecule has 0 radical (unpaired) electrons. The molecule has 0 spiro atoms. The summed E-state index contributed by atoms with van der Waals surface area (Å²) in [5.74, 6) is -0.313. The first-order valence-corrected chi connectivity index (χ1v) is 12.1. The lowest BCUT2D eigenvalue weighted by atomic mass is 10.1. The molecule has 0 aliphatic carbocycles. The van der Waals surface area contributed by atoms with Gasteiger partial charge in [0.1, 0.15) is 36.4 Å². The number of fused-ring (bicyclic) bond motifs is 1. The molecule has 0 amide bonds. The van der Waals surface area contributed by atoms with E-state index in [-0.39, 0.29) is 6.61 Å². The van der Waals surface area contributed by atoms with Crippen molar-refractivity contribution in [2.24, 2.45) is 0 Å². The van der Waals surface area contributed by atoms with Crippen LogP contribution in [0.15, 0.2) is 54.9 Å². The molecule has 1 aliphatic rings. The standard InChI is InChI=1S/C28H28N4O5/c1-16-5-9-20(10-6-16)27(33)35-14-23-22(37-28(34)21-11-7-17(2)8-12-21)13-24(36-23)32-15-29-25-18(3)30-19(4)31-26(25)32/h5-12,15,22-24H,13-14H2,1-4H3/t22-,23+,24+/m0/s1. The van der Waals surface area contributed by atoms with Crippen molar-refractivity contribution in [1.82, 2.24) is 19.5 Å². The first-order chi connectivity index (χ1) is 17.8. The molecule has 2 aromatic heterocycles. The van der Waals surface area contributed by atoms with Crippen molar-refractivity contribution in [2.45, 2.75) is 52.6 Å². The van der Waals surface area contributed by atoms with Crippen molar-refractivity contribution in [2.75, 3.05) is 6.61 Å². The third-order valence-electron chi connectivity index (χ3n) is 6.41. The van der Waals surface area contributed by atoms with Crippen LogP contribution in [-0.2, 0) is 14.2 Å². The third-order valence-corrected chi connectivity index (χ3v) is 6.41. The van der Waals surface area contributed by atoms with E-state index in [0.717, 1.165) is 16.8 Å². The summed E-state index contributed by atoms with van der Waals surface area (Å²) >= 11 is 0. The van der Waals surface area contributed by atoms with Gasteiger partial charge in [-0.2, -0.15) is 0 Å². The first kappa shape index (κ1) is 24.6. The summed E-state index contributed by atoms with van der Waals surface area (Å²) in [4.78, 5) is 38.9. The Hall–Kier alpha value is -4.11. The number of esters is 2. The zero-order valence-electron chi connectivity index (χ0n) is 21.2. The number of rotatable bonds is 6. The highest BCUT2D eigenvalue weighted by Gasteiger charge is 2.40. The minimum atomic E-state index is -0.671. The van der Waals surface area contributed by atoms with Gasteiger partial charge in [0, 0.05) is 6.42 Å². The van der Waals surface area contributed by atoms with Crippen LogP contribution in [0.1, 0.15) is 56.0 Å². The fourth-order valence-electron chi connectivity index (χ4n) is 4.38. The molecule has 0 saturated carbocycles. The number of hydrogen-bond donors (Lipinski definition) is 0. The van der Waals surface area contributed by atoms with Gasteiger partial charge in [-0.3, -0.25) is 4.57 Å². The zero-order valence-corrected chi connectivity index (χ0v) is 21.2. The van der Waals surface area contributed by atoms with E-state index in [1.165, 1.54) is 0 Å². The average molecular weight is 501 g/mol. The Morgan fingerprint density at radius 1 is 0.919 bits per heavy atom. The topological polar surface area (TPSA) is 105 Å². The predicted molar refractivity (Wildman–Crippen MR) is 135 cm³/mol. The number of imidazole rings is 1. The Bertz CT molecular complexity index is 1450. The molecular formula is C28H28N4O5. The summed E-state index contributed by atoms with van der Waals surface area (Å²) < 4.78 is 19.5. The Kier molecular flexibility index (Phi) is 6.71. The Morgan fingerprint density at radius 3 is 2.19 bits per heavy atom. The van der Waals surface area contributed by atoms with Crippen molar-refractivity contribution in [3.8, 4) is 0 Å². The van der Waals surface area contributed by atoms with E-state index in [9.17, 15) is 9.59 Å². The van der Waals surface area contributed by atoms with E-state index < -0.39 is 30.4 Å². The van der Waals surface area contributed by atoms with Crippen LogP contribution in [-0.4, -0.2) is 50.3 Å². The van der Waals surface area contributed by atoms with Crippen molar-refractivity contribution in [3.63, 3.8) is 0 Å². The fourth-order valence-corrected chi connectivity index (χ4v) is 4.38. The van der Waals surface area contributed by atoms with Crippen LogP contribution in [0, 0.1) is 27.7 Å². The molecule has 4 aromatic rings. The molecule has 9 nitrogen and oxygen atoms in total. The molecule has 1 aliphatic heterocycles. The molecule has 2 aromatic carbocycles. The molecule has 190 valence electrons. The summed E-state index contributed by atoms with van der Waals surface area (Å²) in [5, 5.41) is 0. The Balaban J connectivity index is 1.37. The van der Waals surface area contributed by atoms with Crippen molar-refractivity contribution in [1.29, 1.82) is 0 Å². The molecule has 3 atom stereocenters.